The molecular weight excluding hydrogens is 677 g/mol. The van der Waals surface area contributed by atoms with Crippen LogP contribution in [-0.4, -0.2) is 38.0 Å². The van der Waals surface area contributed by atoms with Crippen molar-refractivity contribution in [2.75, 3.05) is 14.2 Å². The highest BCUT2D eigenvalue weighted by molar-refractivity contribution is 6.06. The molecule has 0 aliphatic rings. The van der Waals surface area contributed by atoms with E-state index in [1.54, 1.807) is 12.1 Å². The fourth-order valence-electron chi connectivity index (χ4n) is 6.40. The number of ether oxygens (including phenoxy) is 2. The van der Waals surface area contributed by atoms with E-state index < -0.39 is 11.8 Å². The van der Waals surface area contributed by atoms with Gasteiger partial charge in [-0.3, -0.25) is 19.2 Å². The molecule has 0 heterocycles. The van der Waals surface area contributed by atoms with E-state index in [1.807, 2.05) is 0 Å². The average molecular weight is 761 g/mol. The number of carbonyl (C=O) groups is 4. The van der Waals surface area contributed by atoms with Gasteiger partial charge in [-0.1, -0.05) is 206 Å². The molecule has 0 saturated heterocycles. The Kier molecular flexibility index (Phi) is 42.2. The lowest BCUT2D eigenvalue weighted by Gasteiger charge is -2.03. The molecule has 8 heteroatoms. The van der Waals surface area contributed by atoms with Gasteiger partial charge in [-0.2, -0.15) is 0 Å². The Balaban J connectivity index is 0. The second kappa shape index (κ2) is 42.8. The Hall–Kier alpha value is -2.90. The van der Waals surface area contributed by atoms with Crippen molar-refractivity contribution in [2.45, 2.75) is 219 Å². The number of hydrogen-bond acceptors (Lipinski definition) is 6. The first-order valence-electron chi connectivity index (χ1n) is 22.1. The van der Waals surface area contributed by atoms with Gasteiger partial charge in [-0.05, 0) is 25.0 Å². The number of amides is 2. The third-order valence-corrected chi connectivity index (χ3v) is 9.88. The van der Waals surface area contributed by atoms with E-state index in [2.05, 4.69) is 23.3 Å². The van der Waals surface area contributed by atoms with Crippen molar-refractivity contribution in [1.82, 2.24) is 0 Å². The summed E-state index contributed by atoms with van der Waals surface area (Å²) < 4.78 is 9.26. The maximum atomic E-state index is 10.9. The van der Waals surface area contributed by atoms with Crippen LogP contribution in [0, 0.1) is 0 Å². The lowest BCUT2D eigenvalue weighted by atomic mass is 10.0. The molecule has 314 valence electrons. The molecule has 54 heavy (non-hydrogen) atoms. The van der Waals surface area contributed by atoms with Crippen LogP contribution in [0.25, 0.3) is 0 Å². The van der Waals surface area contributed by atoms with E-state index in [0.29, 0.717) is 12.8 Å². The van der Waals surface area contributed by atoms with Gasteiger partial charge in [0.1, 0.15) is 0 Å². The van der Waals surface area contributed by atoms with Crippen molar-refractivity contribution in [1.29, 1.82) is 0 Å². The average Bonchev–Trinajstić information content (AvgIpc) is 3.18. The van der Waals surface area contributed by atoms with E-state index in [0.717, 1.165) is 12.8 Å². The van der Waals surface area contributed by atoms with E-state index in [9.17, 15) is 19.2 Å². The maximum absolute atomic E-state index is 10.9. The van der Waals surface area contributed by atoms with Crippen LogP contribution in [0.3, 0.4) is 0 Å². The molecule has 8 nitrogen and oxygen atoms in total. The minimum absolute atomic E-state index is 0.0651. The molecule has 0 unspecified atom stereocenters. The number of unbranched alkanes of at least 4 members (excludes halogenated alkanes) is 28. The first-order chi connectivity index (χ1) is 26.2. The van der Waals surface area contributed by atoms with Gasteiger partial charge in [0.25, 0.3) is 0 Å². The van der Waals surface area contributed by atoms with Gasteiger partial charge in [-0.15, -0.1) is 0 Å². The molecular formula is C46H84N2O6. The maximum Gasteiger partial charge on any atom is 0.305 e. The zero-order chi connectivity index (χ0) is 40.3. The Bertz CT molecular complexity index is 936. The van der Waals surface area contributed by atoms with Gasteiger partial charge in [0.2, 0.25) is 11.8 Å². The van der Waals surface area contributed by atoms with E-state index in [4.69, 9.17) is 11.5 Å². The number of hydrogen-bond donors (Lipinski definition) is 2. The number of methoxy groups -OCH3 is 2. The number of rotatable bonds is 34. The summed E-state index contributed by atoms with van der Waals surface area (Å²) in [6.07, 6.45) is 41.9. The van der Waals surface area contributed by atoms with Gasteiger partial charge in [0.15, 0.2) is 0 Å². The zero-order valence-corrected chi connectivity index (χ0v) is 35.5. The summed E-state index contributed by atoms with van der Waals surface area (Å²) in [5, 5.41) is 0. The van der Waals surface area contributed by atoms with Crippen molar-refractivity contribution in [3.8, 4) is 0 Å². The first-order valence-corrected chi connectivity index (χ1v) is 22.1. The molecule has 1 rings (SSSR count). The fourth-order valence-corrected chi connectivity index (χ4v) is 6.40. The molecule has 4 N–H and O–H groups in total. The van der Waals surface area contributed by atoms with Crippen LogP contribution < -0.4 is 11.5 Å². The van der Waals surface area contributed by atoms with Gasteiger partial charge < -0.3 is 20.9 Å². The summed E-state index contributed by atoms with van der Waals surface area (Å²) in [6, 6.07) is 6.16. The smallest absolute Gasteiger partial charge is 0.305 e. The molecule has 0 atom stereocenters. The molecule has 0 radical (unpaired) electrons. The van der Waals surface area contributed by atoms with Gasteiger partial charge in [0.05, 0.1) is 25.3 Å². The summed E-state index contributed by atoms with van der Waals surface area (Å²) in [5.41, 5.74) is 10.3. The number of carbonyl (C=O) groups excluding carboxylic acids is 4. The van der Waals surface area contributed by atoms with Crippen molar-refractivity contribution < 1.29 is 28.7 Å². The molecule has 1 aromatic rings. The summed E-state index contributed by atoms with van der Waals surface area (Å²) in [7, 11) is 2.93. The lowest BCUT2D eigenvalue weighted by Crippen LogP contribution is -2.20. The standard InChI is InChI=1S/2C19H38O2.C8H8N2O2/c2*1-3-4-5-6-7-8-9-10-11-12-13-14-15-16-17-18-19(20)21-2;9-7(11)5-3-1-2-4-6(5)8(10)12/h2*3-18H2,1-2H3;1-4H,(H2,9,11)(H2,10,12). The van der Waals surface area contributed by atoms with Gasteiger partial charge in [0, 0.05) is 12.8 Å². The predicted molar refractivity (Wildman–Crippen MR) is 227 cm³/mol. The third kappa shape index (κ3) is 38.8. The van der Waals surface area contributed by atoms with Crippen LogP contribution in [0.4, 0.5) is 0 Å². The van der Waals surface area contributed by atoms with E-state index >= 15 is 0 Å². The van der Waals surface area contributed by atoms with Crippen LogP contribution in [0.2, 0.25) is 0 Å². The second-order valence-corrected chi connectivity index (χ2v) is 14.8. The van der Waals surface area contributed by atoms with Gasteiger partial charge >= 0.3 is 11.9 Å². The Morgan fingerprint density at radius 2 is 0.593 bits per heavy atom. The van der Waals surface area contributed by atoms with Crippen molar-refractivity contribution in [3.05, 3.63) is 35.4 Å². The number of nitrogens with two attached hydrogens (primary N) is 2. The molecule has 0 fully saturated rings. The molecule has 0 spiro atoms. The van der Waals surface area contributed by atoms with Gasteiger partial charge in [-0.25, -0.2) is 0 Å². The highest BCUT2D eigenvalue weighted by Gasteiger charge is 2.10. The molecule has 2 amide bonds. The van der Waals surface area contributed by atoms with Crippen LogP contribution in [-0.2, 0) is 19.1 Å². The number of esters is 2. The predicted octanol–water partition coefficient (Wildman–Crippen LogP) is 12.7. The Labute approximate surface area is 332 Å². The van der Waals surface area contributed by atoms with Crippen LogP contribution in [0.5, 0.6) is 0 Å². The summed E-state index contributed by atoms with van der Waals surface area (Å²) in [4.78, 5) is 43.3. The second-order valence-electron chi connectivity index (χ2n) is 14.8. The molecule has 0 aliphatic heterocycles. The van der Waals surface area contributed by atoms with Crippen LogP contribution in [0.1, 0.15) is 240 Å². The van der Waals surface area contributed by atoms with Crippen molar-refractivity contribution in [3.63, 3.8) is 0 Å². The number of primary amides is 2. The van der Waals surface area contributed by atoms with E-state index in [1.165, 1.54) is 206 Å². The summed E-state index contributed by atoms with van der Waals surface area (Å²) in [5.74, 6) is -1.43. The van der Waals surface area contributed by atoms with Crippen LogP contribution >= 0.6 is 0 Å². The topological polar surface area (TPSA) is 139 Å². The zero-order valence-electron chi connectivity index (χ0n) is 35.5. The van der Waals surface area contributed by atoms with Crippen molar-refractivity contribution in [2.24, 2.45) is 11.5 Å². The fraction of sp³-hybridized carbons (Fsp3) is 0.783. The Morgan fingerprint density at radius 3 is 0.778 bits per heavy atom. The minimum atomic E-state index is -0.649. The van der Waals surface area contributed by atoms with Crippen molar-refractivity contribution >= 4 is 23.8 Å². The molecule has 1 aromatic carbocycles. The minimum Gasteiger partial charge on any atom is -0.469 e. The molecule has 0 aromatic heterocycles. The Morgan fingerprint density at radius 1 is 0.389 bits per heavy atom. The quantitative estimate of drug-likeness (QED) is 0.0529. The van der Waals surface area contributed by atoms with Crippen LogP contribution in [0.15, 0.2) is 24.3 Å². The third-order valence-electron chi connectivity index (χ3n) is 9.88. The highest BCUT2D eigenvalue weighted by atomic mass is 16.5. The monoisotopic (exact) mass is 761 g/mol. The number of benzene rings is 1. The summed E-state index contributed by atoms with van der Waals surface area (Å²) in [6.45, 7) is 4.55. The lowest BCUT2D eigenvalue weighted by molar-refractivity contribution is -0.141. The summed E-state index contributed by atoms with van der Waals surface area (Å²) >= 11 is 0. The van der Waals surface area contributed by atoms with E-state index in [-0.39, 0.29) is 23.1 Å². The highest BCUT2D eigenvalue weighted by Crippen LogP contribution is 2.15. The molecule has 0 bridgehead atoms. The first kappa shape index (κ1) is 53.2. The SMILES string of the molecule is CCCCCCCCCCCCCCCCCC(=O)OC.CCCCCCCCCCCCCCCCCC(=O)OC.NC(=O)c1ccccc1C(N)=O. The normalized spacial score (nSPS) is 10.4. The molecule has 0 aliphatic carbocycles. The molecule has 0 saturated carbocycles. The largest absolute Gasteiger partial charge is 0.469 e.